The summed E-state index contributed by atoms with van der Waals surface area (Å²) in [5.41, 5.74) is 0. The minimum atomic E-state index is -2.27. The summed E-state index contributed by atoms with van der Waals surface area (Å²) in [7, 11) is 0. The van der Waals surface area contributed by atoms with Gasteiger partial charge in [0.05, 0.1) is 0 Å². The molecular weight excluding hydrogens is 162 g/mol. The molecule has 0 bridgehead atoms. The SMILES string of the molecule is [K+].[O]=[Zr][O-]. The maximum absolute atomic E-state index is 8.54. The maximum atomic E-state index is 8.54. The van der Waals surface area contributed by atoms with Crippen LogP contribution >= 0.6 is 0 Å². The van der Waals surface area contributed by atoms with E-state index in [2.05, 4.69) is 0 Å². The molecule has 0 saturated heterocycles. The minimum absolute atomic E-state index is 0. The topological polar surface area (TPSA) is 40.1 Å². The molecule has 0 spiro atoms. The fraction of sp³-hybridized carbons (Fsp3) is 0. The van der Waals surface area contributed by atoms with Crippen LogP contribution in [0.4, 0.5) is 0 Å². The van der Waals surface area contributed by atoms with Crippen molar-refractivity contribution in [3.05, 3.63) is 0 Å². The quantitative estimate of drug-likeness (QED) is 0.338. The van der Waals surface area contributed by atoms with Crippen molar-refractivity contribution >= 4 is 0 Å². The Morgan fingerprint density at radius 3 is 1.75 bits per heavy atom. The second kappa shape index (κ2) is 8.99. The first-order chi connectivity index (χ1) is 1.41. The molecule has 0 atom stereocenters. The molecule has 0 aromatic carbocycles. The van der Waals surface area contributed by atoms with E-state index in [1.807, 2.05) is 0 Å². The Balaban J connectivity index is 0. The monoisotopic (exact) mass is 161 g/mol. The first kappa shape index (κ1) is 9.56. The molecule has 0 radical (unpaired) electrons. The van der Waals surface area contributed by atoms with Crippen molar-refractivity contribution in [3.8, 4) is 0 Å². The molecule has 0 aromatic rings. The summed E-state index contributed by atoms with van der Waals surface area (Å²) in [6.45, 7) is 0. The molecule has 4 heavy (non-hydrogen) atoms. The molecule has 4 heteroatoms. The van der Waals surface area contributed by atoms with Gasteiger partial charge in [0.25, 0.3) is 0 Å². The summed E-state index contributed by atoms with van der Waals surface area (Å²) in [5.74, 6) is 0. The number of rotatable bonds is 0. The molecule has 0 fully saturated rings. The van der Waals surface area contributed by atoms with Gasteiger partial charge in [0.2, 0.25) is 0 Å². The summed E-state index contributed by atoms with van der Waals surface area (Å²) in [6, 6.07) is 0. The van der Waals surface area contributed by atoms with Crippen molar-refractivity contribution in [1.82, 2.24) is 0 Å². The van der Waals surface area contributed by atoms with Crippen LogP contribution in [0.1, 0.15) is 0 Å². The van der Waals surface area contributed by atoms with Crippen LogP contribution in [0.5, 0.6) is 0 Å². The molecule has 0 heterocycles. The summed E-state index contributed by atoms with van der Waals surface area (Å²) in [4.78, 5) is 0. The first-order valence-corrected chi connectivity index (χ1v) is 2.42. The molecule has 0 rings (SSSR count). The molecule has 0 N–H and O–H groups in total. The third kappa shape index (κ3) is 8.86. The average molecular weight is 162 g/mol. The van der Waals surface area contributed by atoms with Crippen molar-refractivity contribution in [2.75, 3.05) is 0 Å². The van der Waals surface area contributed by atoms with Gasteiger partial charge in [-0.05, 0) is 0 Å². The second-order valence-corrected chi connectivity index (χ2v) is 0.493. The van der Waals surface area contributed by atoms with Crippen molar-refractivity contribution < 1.29 is 81.1 Å². The van der Waals surface area contributed by atoms with E-state index in [0.29, 0.717) is 0 Å². The number of hydrogen-bond acceptors (Lipinski definition) is 2. The Morgan fingerprint density at radius 2 is 1.75 bits per heavy atom. The fourth-order valence-electron chi connectivity index (χ4n) is 0. The normalized spacial score (nSPS) is 2.25. The molecule has 0 saturated carbocycles. The van der Waals surface area contributed by atoms with E-state index in [0.717, 1.165) is 0 Å². The molecule has 2 nitrogen and oxygen atoms in total. The molecule has 0 aliphatic carbocycles. The average Bonchev–Trinajstić information content (AvgIpc) is 0.918. The third-order valence-electron chi connectivity index (χ3n) is 0. The predicted octanol–water partition coefficient (Wildman–Crippen LogP) is -4.31. The van der Waals surface area contributed by atoms with Gasteiger partial charge in [0, 0.05) is 0 Å². The van der Waals surface area contributed by atoms with Gasteiger partial charge < -0.3 is 0 Å². The molecule has 0 amide bonds. The summed E-state index contributed by atoms with van der Waals surface area (Å²) < 4.78 is 17.1. The van der Waals surface area contributed by atoms with Gasteiger partial charge in [-0.1, -0.05) is 0 Å². The van der Waals surface area contributed by atoms with E-state index in [-0.39, 0.29) is 51.4 Å². The zero-order valence-corrected chi connectivity index (χ0v) is 7.90. The summed E-state index contributed by atoms with van der Waals surface area (Å²) in [5, 5.41) is 0. The van der Waals surface area contributed by atoms with Crippen LogP contribution in [0.3, 0.4) is 0 Å². The predicted molar refractivity (Wildman–Crippen MR) is 0.686 cm³/mol. The van der Waals surface area contributed by atoms with E-state index in [9.17, 15) is 0 Å². The van der Waals surface area contributed by atoms with Gasteiger partial charge in [-0.25, -0.2) is 0 Å². The second-order valence-electron chi connectivity index (χ2n) is 0.0833. The molecular formula is KO2Zr. The summed E-state index contributed by atoms with van der Waals surface area (Å²) in [6.07, 6.45) is 0. The van der Waals surface area contributed by atoms with Gasteiger partial charge in [-0.3, -0.25) is 0 Å². The van der Waals surface area contributed by atoms with Gasteiger partial charge in [0.15, 0.2) is 0 Å². The summed E-state index contributed by atoms with van der Waals surface area (Å²) >= 11 is -2.27. The van der Waals surface area contributed by atoms with Crippen molar-refractivity contribution in [2.24, 2.45) is 0 Å². The third-order valence-corrected chi connectivity index (χ3v) is 0. The van der Waals surface area contributed by atoms with Gasteiger partial charge in [0.1, 0.15) is 0 Å². The van der Waals surface area contributed by atoms with Crippen LogP contribution in [-0.4, -0.2) is 0 Å². The first-order valence-electron chi connectivity index (χ1n) is 0.408. The zero-order valence-electron chi connectivity index (χ0n) is 2.32. The molecule has 0 aromatic heterocycles. The van der Waals surface area contributed by atoms with E-state index in [4.69, 9.17) is 6.00 Å². The van der Waals surface area contributed by atoms with E-state index < -0.39 is 23.7 Å². The molecule has 0 unspecified atom stereocenters. The molecule has 0 aliphatic heterocycles. The Bertz CT molecular complexity index is 13.5. The van der Waals surface area contributed by atoms with Crippen LogP contribution in [0.15, 0.2) is 0 Å². The van der Waals surface area contributed by atoms with E-state index >= 15 is 0 Å². The molecule has 0 aliphatic rings. The Kier molecular flexibility index (Phi) is 21.5. The van der Waals surface area contributed by atoms with Crippen molar-refractivity contribution in [1.29, 1.82) is 0 Å². The van der Waals surface area contributed by atoms with Crippen LogP contribution in [0, 0.1) is 0 Å². The van der Waals surface area contributed by atoms with Crippen LogP contribution in [-0.2, 0) is 26.5 Å². The Morgan fingerprint density at radius 1 is 1.75 bits per heavy atom. The van der Waals surface area contributed by atoms with Crippen LogP contribution in [0.2, 0.25) is 0 Å². The van der Waals surface area contributed by atoms with E-state index in [1.165, 1.54) is 0 Å². The molecule has 17 valence electrons. The standard InChI is InChI=1S/K.2O.Zr/q+1;;-1;. The fourth-order valence-corrected chi connectivity index (χ4v) is 0. The van der Waals surface area contributed by atoms with Gasteiger partial charge in [-0.15, -0.1) is 0 Å². The Hall–Kier alpha value is 2.28. The Labute approximate surface area is 79.0 Å². The van der Waals surface area contributed by atoms with Crippen LogP contribution < -0.4 is 54.6 Å². The van der Waals surface area contributed by atoms with Gasteiger partial charge in [-0.2, -0.15) is 0 Å². The van der Waals surface area contributed by atoms with Crippen molar-refractivity contribution in [2.45, 2.75) is 0 Å². The van der Waals surface area contributed by atoms with Crippen LogP contribution in [0.25, 0.3) is 0 Å². The van der Waals surface area contributed by atoms with Crippen molar-refractivity contribution in [3.63, 3.8) is 0 Å². The zero-order chi connectivity index (χ0) is 2.71. The van der Waals surface area contributed by atoms with Gasteiger partial charge >= 0.3 is 81.1 Å². The van der Waals surface area contributed by atoms with E-state index in [1.54, 1.807) is 0 Å². The number of hydrogen-bond donors (Lipinski definition) is 0.